The van der Waals surface area contributed by atoms with E-state index in [0.29, 0.717) is 11.4 Å². The van der Waals surface area contributed by atoms with E-state index >= 15 is 0 Å². The van der Waals surface area contributed by atoms with Crippen molar-refractivity contribution in [2.24, 2.45) is 0 Å². The van der Waals surface area contributed by atoms with Crippen LogP contribution in [-0.2, 0) is 0 Å². The zero-order valence-electron chi connectivity index (χ0n) is 10.4. The largest absolute Gasteiger partial charge is 0.399 e. The molecule has 0 unspecified atom stereocenters. The number of nitrogens with two attached hydrogens (primary N) is 1. The van der Waals surface area contributed by atoms with E-state index in [1.165, 1.54) is 12.1 Å². The molecule has 0 spiro atoms. The van der Waals surface area contributed by atoms with Crippen LogP contribution in [0.4, 0.5) is 26.2 Å². The van der Waals surface area contributed by atoms with Gasteiger partial charge in [-0.25, -0.2) is 9.18 Å². The maximum Gasteiger partial charge on any atom is 0.323 e. The van der Waals surface area contributed by atoms with Crippen molar-refractivity contribution in [3.8, 4) is 0 Å². The molecule has 0 bridgehead atoms. The van der Waals surface area contributed by atoms with Crippen LogP contribution in [-0.4, -0.2) is 6.03 Å². The minimum atomic E-state index is -0.502. The van der Waals surface area contributed by atoms with E-state index in [-0.39, 0.29) is 5.69 Å². The SMILES string of the molecule is Cc1cc(N)ccc1NC(=O)Nc1ccccc1F. The van der Waals surface area contributed by atoms with Crippen molar-refractivity contribution in [3.63, 3.8) is 0 Å². The first-order valence-corrected chi connectivity index (χ1v) is 5.75. The van der Waals surface area contributed by atoms with Crippen molar-refractivity contribution in [1.29, 1.82) is 0 Å². The van der Waals surface area contributed by atoms with E-state index in [4.69, 9.17) is 5.73 Å². The van der Waals surface area contributed by atoms with E-state index in [0.717, 1.165) is 5.56 Å². The molecule has 0 fully saturated rings. The summed E-state index contributed by atoms with van der Waals surface area (Å²) in [5.74, 6) is -0.480. The van der Waals surface area contributed by atoms with Crippen molar-refractivity contribution < 1.29 is 9.18 Å². The van der Waals surface area contributed by atoms with E-state index in [9.17, 15) is 9.18 Å². The van der Waals surface area contributed by atoms with Gasteiger partial charge in [0, 0.05) is 11.4 Å². The number of benzene rings is 2. The summed E-state index contributed by atoms with van der Waals surface area (Å²) in [7, 11) is 0. The van der Waals surface area contributed by atoms with Gasteiger partial charge in [0.1, 0.15) is 5.82 Å². The van der Waals surface area contributed by atoms with Crippen LogP contribution in [0, 0.1) is 12.7 Å². The van der Waals surface area contributed by atoms with Crippen molar-refractivity contribution in [1.82, 2.24) is 0 Å². The second kappa shape index (κ2) is 5.39. The summed E-state index contributed by atoms with van der Waals surface area (Å²) < 4.78 is 13.4. The molecule has 0 aliphatic rings. The molecule has 5 heteroatoms. The van der Waals surface area contributed by atoms with Crippen LogP contribution < -0.4 is 16.4 Å². The van der Waals surface area contributed by atoms with Crippen LogP contribution in [0.25, 0.3) is 0 Å². The number of hydrogen-bond acceptors (Lipinski definition) is 2. The lowest BCUT2D eigenvalue weighted by atomic mass is 10.2. The topological polar surface area (TPSA) is 67.1 Å². The van der Waals surface area contributed by atoms with Crippen LogP contribution in [0.3, 0.4) is 0 Å². The number of amides is 2. The Kier molecular flexibility index (Phi) is 3.66. The molecule has 4 nitrogen and oxygen atoms in total. The van der Waals surface area contributed by atoms with Crippen molar-refractivity contribution in [3.05, 3.63) is 53.8 Å². The van der Waals surface area contributed by atoms with Gasteiger partial charge in [0.2, 0.25) is 0 Å². The highest BCUT2D eigenvalue weighted by atomic mass is 19.1. The summed E-state index contributed by atoms with van der Waals surface area (Å²) in [6, 6.07) is 10.6. The zero-order valence-corrected chi connectivity index (χ0v) is 10.4. The molecule has 0 saturated carbocycles. The number of nitrogens with one attached hydrogen (secondary N) is 2. The Hall–Kier alpha value is -2.56. The molecule has 0 radical (unpaired) electrons. The molecule has 0 heterocycles. The molecule has 0 atom stereocenters. The second-order valence-corrected chi connectivity index (χ2v) is 4.13. The van der Waals surface area contributed by atoms with Gasteiger partial charge in [0.15, 0.2) is 0 Å². The molecule has 2 aromatic carbocycles. The molecule has 0 aliphatic heterocycles. The third-order valence-corrected chi connectivity index (χ3v) is 2.62. The highest BCUT2D eigenvalue weighted by Gasteiger charge is 2.07. The predicted molar refractivity (Wildman–Crippen MR) is 74.6 cm³/mol. The number of urea groups is 1. The van der Waals surface area contributed by atoms with Crippen molar-refractivity contribution >= 4 is 23.1 Å². The van der Waals surface area contributed by atoms with Gasteiger partial charge in [-0.2, -0.15) is 0 Å². The lowest BCUT2D eigenvalue weighted by molar-refractivity contribution is 0.262. The lowest BCUT2D eigenvalue weighted by Gasteiger charge is -2.10. The van der Waals surface area contributed by atoms with E-state index < -0.39 is 11.8 Å². The number of halogens is 1. The number of carbonyl (C=O) groups is 1. The van der Waals surface area contributed by atoms with E-state index in [2.05, 4.69) is 10.6 Å². The van der Waals surface area contributed by atoms with Crippen molar-refractivity contribution in [2.75, 3.05) is 16.4 Å². The first-order valence-electron chi connectivity index (χ1n) is 5.75. The smallest absolute Gasteiger partial charge is 0.323 e. The Morgan fingerprint density at radius 3 is 2.47 bits per heavy atom. The molecule has 2 aromatic rings. The molecular formula is C14H14FN3O. The van der Waals surface area contributed by atoms with Gasteiger partial charge in [-0.05, 0) is 42.8 Å². The van der Waals surface area contributed by atoms with Crippen LogP contribution >= 0.6 is 0 Å². The number of aryl methyl sites for hydroxylation is 1. The zero-order chi connectivity index (χ0) is 13.8. The molecular weight excluding hydrogens is 245 g/mol. The number of rotatable bonds is 2. The Morgan fingerprint density at radius 1 is 1.11 bits per heavy atom. The number of nitrogen functional groups attached to an aromatic ring is 1. The van der Waals surface area contributed by atoms with Crippen LogP contribution in [0.2, 0.25) is 0 Å². The van der Waals surface area contributed by atoms with Gasteiger partial charge >= 0.3 is 6.03 Å². The Balaban J connectivity index is 2.08. The Labute approximate surface area is 110 Å². The third kappa shape index (κ3) is 3.22. The Morgan fingerprint density at radius 2 is 1.79 bits per heavy atom. The Bertz CT molecular complexity index is 613. The average Bonchev–Trinajstić information content (AvgIpc) is 2.36. The molecule has 0 saturated heterocycles. The molecule has 19 heavy (non-hydrogen) atoms. The normalized spacial score (nSPS) is 10.0. The second-order valence-electron chi connectivity index (χ2n) is 4.13. The van der Waals surface area contributed by atoms with Gasteiger partial charge in [-0.15, -0.1) is 0 Å². The fourth-order valence-electron chi connectivity index (χ4n) is 1.67. The standard InChI is InChI=1S/C14H14FN3O/c1-9-8-10(16)6-7-12(9)17-14(19)18-13-5-3-2-4-11(13)15/h2-8H,16H2,1H3,(H2,17,18,19). The van der Waals surface area contributed by atoms with Crippen LogP contribution in [0.1, 0.15) is 5.56 Å². The average molecular weight is 259 g/mol. The summed E-state index contributed by atoms with van der Waals surface area (Å²) in [6.07, 6.45) is 0. The lowest BCUT2D eigenvalue weighted by Crippen LogP contribution is -2.20. The molecule has 2 rings (SSSR count). The number of para-hydroxylation sites is 1. The number of anilines is 3. The van der Waals surface area contributed by atoms with E-state index in [1.54, 1.807) is 30.3 Å². The van der Waals surface area contributed by atoms with Gasteiger partial charge in [-0.1, -0.05) is 12.1 Å². The number of carbonyl (C=O) groups excluding carboxylic acids is 1. The fraction of sp³-hybridized carbons (Fsp3) is 0.0714. The summed E-state index contributed by atoms with van der Waals surface area (Å²) >= 11 is 0. The predicted octanol–water partition coefficient (Wildman–Crippen LogP) is 3.36. The molecule has 98 valence electrons. The number of hydrogen-bond donors (Lipinski definition) is 3. The maximum atomic E-state index is 13.4. The van der Waals surface area contributed by atoms with Crippen LogP contribution in [0.5, 0.6) is 0 Å². The molecule has 4 N–H and O–H groups in total. The quantitative estimate of drug-likeness (QED) is 0.724. The fourth-order valence-corrected chi connectivity index (χ4v) is 1.67. The van der Waals surface area contributed by atoms with Gasteiger partial charge < -0.3 is 16.4 Å². The first kappa shape index (κ1) is 12.9. The third-order valence-electron chi connectivity index (χ3n) is 2.62. The monoisotopic (exact) mass is 259 g/mol. The van der Waals surface area contributed by atoms with Crippen molar-refractivity contribution in [2.45, 2.75) is 6.92 Å². The molecule has 0 aromatic heterocycles. The first-order chi connectivity index (χ1) is 9.06. The maximum absolute atomic E-state index is 13.4. The summed E-state index contributed by atoms with van der Waals surface area (Å²) in [5.41, 5.74) is 7.84. The highest BCUT2D eigenvalue weighted by molar-refractivity contribution is 6.00. The molecule has 2 amide bonds. The highest BCUT2D eigenvalue weighted by Crippen LogP contribution is 2.18. The van der Waals surface area contributed by atoms with Gasteiger partial charge in [-0.3, -0.25) is 0 Å². The summed E-state index contributed by atoms with van der Waals surface area (Å²) in [6.45, 7) is 1.83. The summed E-state index contributed by atoms with van der Waals surface area (Å²) in [4.78, 5) is 11.8. The summed E-state index contributed by atoms with van der Waals surface area (Å²) in [5, 5.41) is 5.09. The van der Waals surface area contributed by atoms with Gasteiger partial charge in [0.05, 0.1) is 5.69 Å². The van der Waals surface area contributed by atoms with Gasteiger partial charge in [0.25, 0.3) is 0 Å². The van der Waals surface area contributed by atoms with Crippen LogP contribution in [0.15, 0.2) is 42.5 Å². The minimum Gasteiger partial charge on any atom is -0.399 e. The van der Waals surface area contributed by atoms with E-state index in [1.807, 2.05) is 6.92 Å². The molecule has 0 aliphatic carbocycles. The minimum absolute atomic E-state index is 0.132.